The van der Waals surface area contributed by atoms with E-state index in [0.29, 0.717) is 12.1 Å². The zero-order valence-electron chi connectivity index (χ0n) is 17.1. The molecule has 1 fully saturated rings. The third-order valence-electron chi connectivity index (χ3n) is 4.69. The third-order valence-corrected chi connectivity index (χ3v) is 4.69. The van der Waals surface area contributed by atoms with E-state index in [1.54, 1.807) is 0 Å². The summed E-state index contributed by atoms with van der Waals surface area (Å²) < 4.78 is 2.52. The van der Waals surface area contributed by atoms with Crippen molar-refractivity contribution < 1.29 is 14.7 Å². The van der Waals surface area contributed by atoms with E-state index < -0.39 is 23.3 Å². The molecule has 3 rings (SSSR count). The fourth-order valence-corrected chi connectivity index (χ4v) is 3.02. The monoisotopic (exact) mass is 412 g/mol. The molecule has 1 saturated carbocycles. The van der Waals surface area contributed by atoms with Crippen LogP contribution in [0.1, 0.15) is 42.6 Å². The van der Waals surface area contributed by atoms with Gasteiger partial charge in [0.25, 0.3) is 11.5 Å². The number of hydrogen-bond acceptors (Lipinski definition) is 6. The van der Waals surface area contributed by atoms with Gasteiger partial charge in [0.1, 0.15) is 12.2 Å². The van der Waals surface area contributed by atoms with E-state index in [1.165, 1.54) is 34.9 Å². The number of amides is 2. The number of aromatic nitrogens is 3. The summed E-state index contributed by atoms with van der Waals surface area (Å²) in [6, 6.07) is 1.92. The fraction of sp³-hybridized carbons (Fsp3) is 0.450. The largest absolute Gasteiger partial charge is 0.492 e. The highest BCUT2D eigenvalue weighted by Crippen LogP contribution is 2.23. The molecule has 0 aliphatic heterocycles. The zero-order valence-corrected chi connectivity index (χ0v) is 17.1. The SMILES string of the molecule is CC(C)Cn1c(=O)c(C(=O)NC2CC2)c(O)n2ncc(/C=C/C(=O)N(C)CC#N)c12. The van der Waals surface area contributed by atoms with E-state index in [2.05, 4.69) is 10.4 Å². The summed E-state index contributed by atoms with van der Waals surface area (Å²) in [5, 5.41) is 26.2. The van der Waals surface area contributed by atoms with E-state index in [9.17, 15) is 19.5 Å². The van der Waals surface area contributed by atoms with Crippen molar-refractivity contribution in [3.8, 4) is 11.9 Å². The van der Waals surface area contributed by atoms with Crippen LogP contribution < -0.4 is 10.9 Å². The molecule has 2 amide bonds. The number of aromatic hydroxyl groups is 1. The number of nitriles is 1. The summed E-state index contributed by atoms with van der Waals surface area (Å²) in [4.78, 5) is 39.0. The maximum atomic E-state index is 13.1. The van der Waals surface area contributed by atoms with E-state index in [1.807, 2.05) is 19.9 Å². The average molecular weight is 412 g/mol. The third kappa shape index (κ3) is 4.20. The van der Waals surface area contributed by atoms with Gasteiger partial charge in [0.15, 0.2) is 5.56 Å². The van der Waals surface area contributed by atoms with Gasteiger partial charge in [-0.05, 0) is 24.8 Å². The number of carbonyl (C=O) groups excluding carboxylic acids is 2. The quantitative estimate of drug-likeness (QED) is 0.509. The molecule has 2 N–H and O–H groups in total. The summed E-state index contributed by atoms with van der Waals surface area (Å²) in [5.74, 6) is -1.48. The Morgan fingerprint density at radius 1 is 1.47 bits per heavy atom. The van der Waals surface area contributed by atoms with Crippen molar-refractivity contribution in [1.82, 2.24) is 24.4 Å². The molecule has 30 heavy (non-hydrogen) atoms. The number of likely N-dealkylation sites (N-methyl/N-ethyl adjacent to an activating group) is 1. The molecule has 2 aromatic rings. The second-order valence-electron chi connectivity index (χ2n) is 7.78. The molecule has 10 heteroatoms. The molecule has 2 aromatic heterocycles. The molecule has 0 saturated heterocycles. The first-order valence-corrected chi connectivity index (χ1v) is 9.69. The summed E-state index contributed by atoms with van der Waals surface area (Å²) in [7, 11) is 1.50. The summed E-state index contributed by atoms with van der Waals surface area (Å²) in [6.45, 7) is 4.08. The standard InChI is InChI=1S/C20H24N6O4/c1-12(2)11-25-18-13(4-7-15(27)24(3)9-8-21)10-22-26(18)20(30)16(19(25)29)17(28)23-14-5-6-14/h4,7,10,12,14,30H,5-6,9,11H2,1-3H3,(H,23,28)/b7-4+. The van der Waals surface area contributed by atoms with Crippen LogP contribution in [0.4, 0.5) is 0 Å². The van der Waals surface area contributed by atoms with Crippen molar-refractivity contribution in [2.45, 2.75) is 39.3 Å². The molecule has 0 bridgehead atoms. The first-order chi connectivity index (χ1) is 14.2. The Morgan fingerprint density at radius 3 is 2.77 bits per heavy atom. The van der Waals surface area contributed by atoms with Gasteiger partial charge in [0.05, 0.1) is 12.3 Å². The van der Waals surface area contributed by atoms with Crippen molar-refractivity contribution in [3.05, 3.63) is 33.8 Å². The maximum Gasteiger partial charge on any atom is 0.270 e. The van der Waals surface area contributed by atoms with Crippen molar-refractivity contribution in [3.63, 3.8) is 0 Å². The molecule has 2 heterocycles. The molecule has 0 spiro atoms. The highest BCUT2D eigenvalue weighted by atomic mass is 16.3. The zero-order chi connectivity index (χ0) is 22.0. The van der Waals surface area contributed by atoms with Gasteiger partial charge in [-0.25, -0.2) is 0 Å². The second kappa shape index (κ2) is 8.41. The van der Waals surface area contributed by atoms with E-state index in [-0.39, 0.29) is 29.7 Å². The topological polar surface area (TPSA) is 133 Å². The van der Waals surface area contributed by atoms with Crippen molar-refractivity contribution in [2.24, 2.45) is 5.92 Å². The van der Waals surface area contributed by atoms with Crippen LogP contribution in [0, 0.1) is 17.2 Å². The predicted octanol–water partition coefficient (Wildman–Crippen LogP) is 0.745. The molecular weight excluding hydrogens is 388 g/mol. The lowest BCUT2D eigenvalue weighted by Crippen LogP contribution is -2.36. The van der Waals surface area contributed by atoms with Crippen LogP contribution in [0.15, 0.2) is 17.1 Å². The Kier molecular flexibility index (Phi) is 5.91. The summed E-state index contributed by atoms with van der Waals surface area (Å²) in [6.07, 6.45) is 5.84. The van der Waals surface area contributed by atoms with Gasteiger partial charge < -0.3 is 15.3 Å². The Bertz CT molecular complexity index is 1120. The van der Waals surface area contributed by atoms with Crippen LogP contribution in [0.3, 0.4) is 0 Å². The van der Waals surface area contributed by atoms with E-state index in [0.717, 1.165) is 17.4 Å². The van der Waals surface area contributed by atoms with Crippen LogP contribution >= 0.6 is 0 Å². The van der Waals surface area contributed by atoms with Gasteiger partial charge >= 0.3 is 0 Å². The molecule has 1 aliphatic rings. The van der Waals surface area contributed by atoms with Crippen molar-refractivity contribution in [1.29, 1.82) is 5.26 Å². The molecule has 0 aromatic carbocycles. The Balaban J connectivity index is 2.11. The van der Waals surface area contributed by atoms with E-state index in [4.69, 9.17) is 5.26 Å². The highest BCUT2D eigenvalue weighted by molar-refractivity contribution is 5.97. The smallest absolute Gasteiger partial charge is 0.270 e. The van der Waals surface area contributed by atoms with Crippen LogP contribution in [0.25, 0.3) is 11.7 Å². The lowest BCUT2D eigenvalue weighted by Gasteiger charge is -2.15. The minimum Gasteiger partial charge on any atom is -0.492 e. The van der Waals surface area contributed by atoms with Gasteiger partial charge in [-0.15, -0.1) is 0 Å². The van der Waals surface area contributed by atoms with Gasteiger partial charge in [0, 0.05) is 31.3 Å². The normalized spacial score (nSPS) is 13.7. The Hall–Kier alpha value is -3.61. The summed E-state index contributed by atoms with van der Waals surface area (Å²) >= 11 is 0. The van der Waals surface area contributed by atoms with E-state index >= 15 is 0 Å². The average Bonchev–Trinajstić information content (AvgIpc) is 3.39. The number of rotatable bonds is 7. The molecule has 1 aliphatic carbocycles. The van der Waals surface area contributed by atoms with Crippen molar-refractivity contribution >= 4 is 23.5 Å². The number of nitrogens with zero attached hydrogens (tertiary/aromatic N) is 5. The van der Waals surface area contributed by atoms with Gasteiger partial charge in [-0.2, -0.15) is 14.9 Å². The minimum atomic E-state index is -0.625. The first kappa shape index (κ1) is 21.1. The predicted molar refractivity (Wildman–Crippen MR) is 109 cm³/mol. The van der Waals surface area contributed by atoms with Crippen LogP contribution in [0.2, 0.25) is 0 Å². The lowest BCUT2D eigenvalue weighted by atomic mass is 10.2. The van der Waals surface area contributed by atoms with Crippen molar-refractivity contribution in [2.75, 3.05) is 13.6 Å². The van der Waals surface area contributed by atoms with Crippen LogP contribution in [-0.2, 0) is 11.3 Å². The fourth-order valence-electron chi connectivity index (χ4n) is 3.02. The first-order valence-electron chi connectivity index (χ1n) is 9.69. The molecule has 0 atom stereocenters. The Labute approximate surface area is 173 Å². The highest BCUT2D eigenvalue weighted by Gasteiger charge is 2.29. The Morgan fingerprint density at radius 2 is 2.17 bits per heavy atom. The molecule has 158 valence electrons. The molecule has 10 nitrogen and oxygen atoms in total. The molecule has 0 unspecified atom stereocenters. The number of nitrogens with one attached hydrogen (secondary N) is 1. The molecular formula is C20H24N6O4. The van der Waals surface area contributed by atoms with Gasteiger partial charge in [-0.3, -0.25) is 19.0 Å². The number of fused-ring (bicyclic) bond motifs is 1. The second-order valence-corrected chi connectivity index (χ2v) is 7.78. The minimum absolute atomic E-state index is 0.0260. The lowest BCUT2D eigenvalue weighted by molar-refractivity contribution is -0.124. The number of carbonyl (C=O) groups is 2. The van der Waals surface area contributed by atoms with Gasteiger partial charge in [0.2, 0.25) is 11.8 Å². The maximum absolute atomic E-state index is 13.1. The summed E-state index contributed by atoms with van der Waals surface area (Å²) in [5.41, 5.74) is -0.259. The van der Waals surface area contributed by atoms with Gasteiger partial charge in [-0.1, -0.05) is 13.8 Å². The van der Waals surface area contributed by atoms with Crippen LogP contribution in [0.5, 0.6) is 5.88 Å². The number of hydrogen-bond donors (Lipinski definition) is 2. The molecule has 0 radical (unpaired) electrons. The van der Waals surface area contributed by atoms with Crippen LogP contribution in [-0.4, -0.2) is 55.6 Å².